The Morgan fingerprint density at radius 3 is 2.03 bits per heavy atom. The number of nitrogens with one attached hydrogen (secondary N) is 1. The van der Waals surface area contributed by atoms with Crippen molar-refractivity contribution >= 4 is 24.5 Å². The van der Waals surface area contributed by atoms with E-state index in [0.717, 1.165) is 23.5 Å². The normalized spacial score (nSPS) is 14.3. The Labute approximate surface area is 195 Å². The summed E-state index contributed by atoms with van der Waals surface area (Å²) in [6, 6.07) is 28.6. The summed E-state index contributed by atoms with van der Waals surface area (Å²) in [5.74, 6) is 0. The lowest BCUT2D eigenvalue weighted by molar-refractivity contribution is 0.219. The van der Waals surface area contributed by atoms with Crippen LogP contribution in [0, 0.1) is 0 Å². The van der Waals surface area contributed by atoms with Crippen molar-refractivity contribution in [3.05, 3.63) is 102 Å². The summed E-state index contributed by atoms with van der Waals surface area (Å²) in [5, 5.41) is 4.13. The van der Waals surface area contributed by atoms with Gasteiger partial charge in [-0.05, 0) is 54.8 Å². The van der Waals surface area contributed by atoms with Crippen LogP contribution in [0.15, 0.2) is 91.1 Å². The Morgan fingerprint density at radius 1 is 0.818 bits per heavy atom. The third-order valence-corrected chi connectivity index (χ3v) is 7.35. The first kappa shape index (κ1) is 23.3. The largest absolute Gasteiger partial charge is 0.335 e. The van der Waals surface area contributed by atoms with Gasteiger partial charge in [0.25, 0.3) is 0 Å². The molecule has 0 fully saturated rings. The van der Waals surface area contributed by atoms with Crippen LogP contribution in [0.25, 0.3) is 5.57 Å². The van der Waals surface area contributed by atoms with Crippen LogP contribution >= 0.6 is 7.60 Å². The highest BCUT2D eigenvalue weighted by molar-refractivity contribution is 7.53. The lowest BCUT2D eigenvalue weighted by Crippen LogP contribution is -2.52. The first-order valence-electron chi connectivity index (χ1n) is 11.2. The topological polar surface area (TPSA) is 54.0 Å². The van der Waals surface area contributed by atoms with Crippen molar-refractivity contribution in [2.45, 2.75) is 20.0 Å². The van der Waals surface area contributed by atoms with Crippen LogP contribution in [0.4, 0.5) is 11.4 Å². The Hall–Kier alpha value is -2.89. The second kappa shape index (κ2) is 10.8. The molecule has 1 heterocycles. The van der Waals surface area contributed by atoms with Gasteiger partial charge in [-0.15, -0.1) is 5.53 Å². The molecule has 172 valence electrons. The number of nitrogens with zero attached hydrogens (tertiary/aromatic N) is 2. The number of anilines is 2. The second-order valence-electron chi connectivity index (χ2n) is 7.68. The van der Waals surface area contributed by atoms with Crippen LogP contribution in [-0.4, -0.2) is 19.8 Å². The highest BCUT2D eigenvalue weighted by Crippen LogP contribution is 2.51. The maximum atomic E-state index is 12.9. The zero-order chi connectivity index (χ0) is 23.1. The van der Waals surface area contributed by atoms with Gasteiger partial charge in [0.15, 0.2) is 0 Å². The van der Waals surface area contributed by atoms with Crippen LogP contribution < -0.4 is 15.6 Å². The molecule has 0 amide bonds. The van der Waals surface area contributed by atoms with Crippen LogP contribution in [0.3, 0.4) is 0 Å². The van der Waals surface area contributed by atoms with E-state index in [1.165, 1.54) is 11.1 Å². The van der Waals surface area contributed by atoms with Gasteiger partial charge in [-0.25, -0.2) is 0 Å². The molecule has 33 heavy (non-hydrogen) atoms. The number of benzene rings is 3. The number of hydrogen-bond donors (Lipinski definition) is 1. The van der Waals surface area contributed by atoms with E-state index in [2.05, 4.69) is 53.1 Å². The number of rotatable bonds is 9. The molecule has 7 heteroatoms. The monoisotopic (exact) mass is 463 g/mol. The molecule has 0 spiro atoms. The van der Waals surface area contributed by atoms with Crippen LogP contribution in [0.2, 0.25) is 0 Å². The highest BCUT2D eigenvalue weighted by atomic mass is 31.2. The summed E-state index contributed by atoms with van der Waals surface area (Å²) in [7, 11) is -3.14. The minimum atomic E-state index is -3.14. The minimum Gasteiger partial charge on any atom is -0.309 e. The summed E-state index contributed by atoms with van der Waals surface area (Å²) in [6.07, 6.45) is 2.37. The van der Waals surface area contributed by atoms with E-state index in [-0.39, 0.29) is 6.16 Å². The van der Waals surface area contributed by atoms with Gasteiger partial charge in [0.05, 0.1) is 37.3 Å². The molecule has 1 aliphatic rings. The van der Waals surface area contributed by atoms with Gasteiger partial charge in [-0.2, -0.15) is 0 Å². The Kier molecular flexibility index (Phi) is 7.63. The number of hydrazine groups is 2. The van der Waals surface area contributed by atoms with E-state index >= 15 is 0 Å². The molecule has 3 aromatic rings. The maximum Gasteiger partial charge on any atom is 0.335 e. The summed E-state index contributed by atoms with van der Waals surface area (Å²) < 4.78 is 23.8. The molecule has 0 radical (unpaired) electrons. The van der Waals surface area contributed by atoms with Crippen molar-refractivity contribution in [2.24, 2.45) is 0 Å². The fourth-order valence-electron chi connectivity index (χ4n) is 3.78. The average Bonchev–Trinajstić information content (AvgIpc) is 2.85. The molecule has 0 atom stereocenters. The van der Waals surface area contributed by atoms with Crippen LogP contribution in [-0.2, 0) is 19.8 Å². The average molecular weight is 464 g/mol. The molecule has 3 aromatic carbocycles. The molecule has 0 aromatic heterocycles. The van der Waals surface area contributed by atoms with E-state index < -0.39 is 7.60 Å². The molecular formula is C26H30N3O3P. The number of para-hydroxylation sites is 1. The number of hydrogen-bond acceptors (Lipinski definition) is 6. The summed E-state index contributed by atoms with van der Waals surface area (Å²) in [5.41, 5.74) is 8.81. The molecule has 0 aliphatic carbocycles. The quantitative estimate of drug-likeness (QED) is 0.379. The van der Waals surface area contributed by atoms with Gasteiger partial charge in [0, 0.05) is 6.20 Å². The zero-order valence-corrected chi connectivity index (χ0v) is 19.9. The summed E-state index contributed by atoms with van der Waals surface area (Å²) >= 11 is 0. The fraction of sp³-hybridized carbons (Fsp3) is 0.231. The van der Waals surface area contributed by atoms with E-state index in [1.807, 2.05) is 67.4 Å². The van der Waals surface area contributed by atoms with Crippen molar-refractivity contribution in [1.82, 2.24) is 5.53 Å². The lowest BCUT2D eigenvalue weighted by Gasteiger charge is -2.37. The molecule has 0 bridgehead atoms. The Balaban J connectivity index is 1.60. The van der Waals surface area contributed by atoms with Crippen LogP contribution in [0.5, 0.6) is 0 Å². The summed E-state index contributed by atoms with van der Waals surface area (Å²) in [6.45, 7) is 5.09. The van der Waals surface area contributed by atoms with Crippen molar-refractivity contribution in [1.29, 1.82) is 0 Å². The first-order valence-corrected chi connectivity index (χ1v) is 12.9. The molecule has 1 N–H and O–H groups in total. The van der Waals surface area contributed by atoms with Gasteiger partial charge in [0.1, 0.15) is 0 Å². The minimum absolute atomic E-state index is 0.254. The zero-order valence-electron chi connectivity index (χ0n) is 19.1. The molecule has 0 unspecified atom stereocenters. The third-order valence-electron chi connectivity index (χ3n) is 5.30. The van der Waals surface area contributed by atoms with Gasteiger partial charge in [0.2, 0.25) is 0 Å². The Bertz CT molecular complexity index is 1090. The predicted octanol–water partition coefficient (Wildman–Crippen LogP) is 6.24. The standard InChI is InChI=1S/C26H30N3O3P/c1-3-31-33(30,32-4-2)21-22-15-17-26(18-16-22)29-20-24(23-11-7-5-8-12-23)19-28(27-29)25-13-9-6-10-14-25/h5-18,20,27H,3-4,19,21H2,1-2H3. The van der Waals surface area contributed by atoms with Crippen molar-refractivity contribution < 1.29 is 13.6 Å². The molecule has 4 rings (SSSR count). The van der Waals surface area contributed by atoms with Gasteiger partial charge in [-0.1, -0.05) is 60.7 Å². The van der Waals surface area contributed by atoms with Crippen LogP contribution in [0.1, 0.15) is 25.0 Å². The summed E-state index contributed by atoms with van der Waals surface area (Å²) in [4.78, 5) is 0. The van der Waals surface area contributed by atoms with Gasteiger partial charge < -0.3 is 9.05 Å². The molecule has 1 aliphatic heterocycles. The fourth-order valence-corrected chi connectivity index (χ4v) is 5.48. The lowest BCUT2D eigenvalue weighted by atomic mass is 10.1. The van der Waals surface area contributed by atoms with Gasteiger partial charge in [-0.3, -0.25) is 14.6 Å². The maximum absolute atomic E-state index is 12.9. The van der Waals surface area contributed by atoms with E-state index in [0.29, 0.717) is 13.2 Å². The Morgan fingerprint density at radius 2 is 1.42 bits per heavy atom. The smallest absolute Gasteiger partial charge is 0.309 e. The SMILES string of the molecule is CCOP(=O)(Cc1ccc(N2C=C(c3ccccc3)CN(c3ccccc3)N2)cc1)OCC. The van der Waals surface area contributed by atoms with E-state index in [9.17, 15) is 4.57 Å². The molecule has 0 saturated heterocycles. The van der Waals surface area contributed by atoms with Crippen molar-refractivity contribution in [2.75, 3.05) is 29.8 Å². The van der Waals surface area contributed by atoms with Gasteiger partial charge >= 0.3 is 7.60 Å². The second-order valence-corrected chi connectivity index (χ2v) is 9.74. The van der Waals surface area contributed by atoms with E-state index in [1.54, 1.807) is 0 Å². The molecule has 6 nitrogen and oxygen atoms in total. The first-order chi connectivity index (χ1) is 16.1. The van der Waals surface area contributed by atoms with Crippen molar-refractivity contribution in [3.63, 3.8) is 0 Å². The highest BCUT2D eigenvalue weighted by Gasteiger charge is 2.24. The molecular weight excluding hydrogens is 433 g/mol. The molecule has 0 saturated carbocycles. The predicted molar refractivity (Wildman–Crippen MR) is 135 cm³/mol. The third kappa shape index (κ3) is 5.92. The van der Waals surface area contributed by atoms with Crippen molar-refractivity contribution in [3.8, 4) is 0 Å². The van der Waals surface area contributed by atoms with E-state index in [4.69, 9.17) is 9.05 Å².